The lowest BCUT2D eigenvalue weighted by molar-refractivity contribution is 0.0594. The third kappa shape index (κ3) is 18.0. The summed E-state index contributed by atoms with van der Waals surface area (Å²) in [7, 11) is -0.145. The summed E-state index contributed by atoms with van der Waals surface area (Å²) in [5, 5.41) is 16.8. The highest BCUT2D eigenvalue weighted by Crippen LogP contribution is 2.16. The molecule has 0 fully saturated rings. The molecule has 0 saturated carbocycles. The predicted octanol–water partition coefficient (Wildman–Crippen LogP) is 1.52. The maximum atomic E-state index is 8.56. The van der Waals surface area contributed by atoms with E-state index in [1.54, 1.807) is 0 Å². The standard InChI is InChI=1S/C3H8ClO3P.C3H8/c4-8-7-2-3(6)1-5;1-3-2/h3,5-6,8H,1-2H2;3H2,1-2H3. The van der Waals surface area contributed by atoms with Gasteiger partial charge < -0.3 is 14.7 Å². The van der Waals surface area contributed by atoms with Crippen LogP contribution in [0.4, 0.5) is 0 Å². The zero-order valence-corrected chi connectivity index (χ0v) is 8.64. The topological polar surface area (TPSA) is 49.7 Å². The molecule has 3 nitrogen and oxygen atoms in total. The van der Waals surface area contributed by atoms with Gasteiger partial charge in [0.25, 0.3) is 0 Å². The summed E-state index contributed by atoms with van der Waals surface area (Å²) in [5.41, 5.74) is 0. The van der Waals surface area contributed by atoms with Crippen molar-refractivity contribution in [2.24, 2.45) is 0 Å². The van der Waals surface area contributed by atoms with E-state index in [-0.39, 0.29) is 21.4 Å². The molecule has 0 spiro atoms. The van der Waals surface area contributed by atoms with E-state index in [0.29, 0.717) is 0 Å². The summed E-state index contributed by atoms with van der Waals surface area (Å²) in [6, 6.07) is 0. The fourth-order valence-corrected chi connectivity index (χ4v) is 0.625. The fraction of sp³-hybridized carbons (Fsp3) is 1.00. The van der Waals surface area contributed by atoms with Crippen LogP contribution in [0.25, 0.3) is 0 Å². The van der Waals surface area contributed by atoms with Crippen LogP contribution in [-0.2, 0) is 4.52 Å². The molecule has 0 amide bonds. The van der Waals surface area contributed by atoms with Gasteiger partial charge in [-0.05, 0) is 0 Å². The first-order valence-electron chi connectivity index (χ1n) is 3.49. The van der Waals surface area contributed by atoms with Gasteiger partial charge in [0.2, 0.25) is 0 Å². The minimum atomic E-state index is -0.791. The van der Waals surface area contributed by atoms with E-state index < -0.39 is 6.10 Å². The number of aliphatic hydroxyl groups excluding tert-OH is 2. The maximum Gasteiger partial charge on any atom is 0.110 e. The molecule has 0 saturated heterocycles. The molecular weight excluding hydrogens is 186 g/mol. The van der Waals surface area contributed by atoms with Crippen molar-refractivity contribution in [3.05, 3.63) is 0 Å². The molecule has 2 atom stereocenters. The number of halogens is 1. The van der Waals surface area contributed by atoms with Crippen LogP contribution in [0.2, 0.25) is 0 Å². The molecule has 11 heavy (non-hydrogen) atoms. The summed E-state index contributed by atoms with van der Waals surface area (Å²) in [6.45, 7) is 4.08. The number of rotatable bonds is 4. The molecule has 5 heteroatoms. The zero-order chi connectivity index (χ0) is 9.11. The van der Waals surface area contributed by atoms with Gasteiger partial charge >= 0.3 is 0 Å². The third-order valence-corrected chi connectivity index (χ3v) is 1.14. The smallest absolute Gasteiger partial charge is 0.110 e. The van der Waals surface area contributed by atoms with Crippen molar-refractivity contribution in [3.8, 4) is 0 Å². The molecule has 0 rings (SSSR count). The predicted molar refractivity (Wildman–Crippen MR) is 49.2 cm³/mol. The second kappa shape index (κ2) is 13.2. The number of hydrogen-bond acceptors (Lipinski definition) is 3. The van der Waals surface area contributed by atoms with Gasteiger partial charge in [-0.2, -0.15) is 0 Å². The maximum absolute atomic E-state index is 8.56. The van der Waals surface area contributed by atoms with Crippen LogP contribution in [-0.4, -0.2) is 29.5 Å². The first-order chi connectivity index (χ1) is 5.22. The Labute approximate surface area is 74.4 Å². The molecule has 0 aromatic carbocycles. The zero-order valence-electron chi connectivity index (χ0n) is 6.88. The number of hydrogen-bond donors (Lipinski definition) is 2. The molecule has 2 N–H and O–H groups in total. The molecule has 0 aromatic heterocycles. The van der Waals surface area contributed by atoms with Crippen molar-refractivity contribution in [2.75, 3.05) is 13.2 Å². The van der Waals surface area contributed by atoms with Gasteiger partial charge in [0.15, 0.2) is 0 Å². The van der Waals surface area contributed by atoms with Crippen LogP contribution < -0.4 is 0 Å². The largest absolute Gasteiger partial charge is 0.394 e. The van der Waals surface area contributed by atoms with Gasteiger partial charge in [-0.1, -0.05) is 31.5 Å². The van der Waals surface area contributed by atoms with Crippen molar-refractivity contribution >= 4 is 19.4 Å². The highest BCUT2D eigenvalue weighted by molar-refractivity contribution is 7.64. The van der Waals surface area contributed by atoms with E-state index in [1.165, 1.54) is 6.42 Å². The highest BCUT2D eigenvalue weighted by Gasteiger charge is 1.98. The van der Waals surface area contributed by atoms with Gasteiger partial charge in [-0.3, -0.25) is 0 Å². The molecule has 0 aliphatic rings. The van der Waals surface area contributed by atoms with Gasteiger partial charge in [0.05, 0.1) is 13.2 Å². The monoisotopic (exact) mass is 202 g/mol. The van der Waals surface area contributed by atoms with E-state index in [1.807, 2.05) is 0 Å². The van der Waals surface area contributed by atoms with Gasteiger partial charge in [-0.25, -0.2) is 0 Å². The molecule has 0 heterocycles. The van der Waals surface area contributed by atoms with Crippen LogP contribution in [0.3, 0.4) is 0 Å². The van der Waals surface area contributed by atoms with Crippen molar-refractivity contribution < 1.29 is 14.7 Å². The van der Waals surface area contributed by atoms with E-state index in [2.05, 4.69) is 18.4 Å². The van der Waals surface area contributed by atoms with Crippen molar-refractivity contribution in [3.63, 3.8) is 0 Å². The Bertz CT molecular complexity index is 65.8. The Morgan fingerprint density at radius 3 is 2.27 bits per heavy atom. The van der Waals surface area contributed by atoms with E-state index >= 15 is 0 Å². The van der Waals surface area contributed by atoms with E-state index in [4.69, 9.17) is 21.5 Å². The Morgan fingerprint density at radius 1 is 1.55 bits per heavy atom. The summed E-state index contributed by atoms with van der Waals surface area (Å²) >= 11 is 5.12. The minimum absolute atomic E-state index is 0.110. The van der Waals surface area contributed by atoms with Crippen LogP contribution in [0, 0.1) is 0 Å². The van der Waals surface area contributed by atoms with E-state index in [9.17, 15) is 0 Å². The summed E-state index contributed by atoms with van der Waals surface area (Å²) in [5.74, 6) is 0. The molecule has 2 unspecified atom stereocenters. The lowest BCUT2D eigenvalue weighted by Crippen LogP contribution is -2.16. The molecule has 0 bridgehead atoms. The van der Waals surface area contributed by atoms with Crippen molar-refractivity contribution in [1.29, 1.82) is 0 Å². The second-order valence-corrected chi connectivity index (χ2v) is 2.84. The van der Waals surface area contributed by atoms with Gasteiger partial charge in [-0.15, -0.1) is 0 Å². The summed E-state index contributed by atoms with van der Waals surface area (Å²) < 4.78 is 4.57. The lowest BCUT2D eigenvalue weighted by atomic mass is 10.4. The Balaban J connectivity index is 0. The fourth-order valence-electron chi connectivity index (χ4n) is 0.180. The Kier molecular flexibility index (Phi) is 17.0. The molecule has 0 aliphatic heterocycles. The van der Waals surface area contributed by atoms with Gasteiger partial charge in [0.1, 0.15) is 14.3 Å². The van der Waals surface area contributed by atoms with Crippen LogP contribution >= 0.6 is 19.4 Å². The summed E-state index contributed by atoms with van der Waals surface area (Å²) in [4.78, 5) is 0. The number of aliphatic hydroxyl groups is 2. The quantitative estimate of drug-likeness (QED) is 0.680. The van der Waals surface area contributed by atoms with Gasteiger partial charge in [0, 0.05) is 0 Å². The first-order valence-corrected chi connectivity index (χ1v) is 5.41. The molecule has 0 aliphatic carbocycles. The Hall–Kier alpha value is 0.600. The second-order valence-electron chi connectivity index (χ2n) is 1.93. The average Bonchev–Trinajstić information content (AvgIpc) is 2.02. The summed E-state index contributed by atoms with van der Waals surface area (Å²) in [6.07, 6.45) is 0.459. The SMILES string of the molecule is CCC.OCC(O)COPCl. The average molecular weight is 203 g/mol. The first kappa shape index (κ1) is 14.1. The van der Waals surface area contributed by atoms with Crippen molar-refractivity contribution in [1.82, 2.24) is 0 Å². The third-order valence-electron chi connectivity index (χ3n) is 0.541. The molecule has 0 aromatic rings. The molecular formula is C6H16ClO3P. The van der Waals surface area contributed by atoms with Crippen molar-refractivity contribution in [2.45, 2.75) is 26.4 Å². The normalized spacial score (nSPS) is 12.8. The molecule has 70 valence electrons. The highest BCUT2D eigenvalue weighted by atomic mass is 35.7. The van der Waals surface area contributed by atoms with Crippen LogP contribution in [0.15, 0.2) is 0 Å². The lowest BCUT2D eigenvalue weighted by Gasteiger charge is -2.03. The van der Waals surface area contributed by atoms with Crippen LogP contribution in [0.5, 0.6) is 0 Å². The van der Waals surface area contributed by atoms with E-state index in [0.717, 1.165) is 0 Å². The van der Waals surface area contributed by atoms with Crippen LogP contribution in [0.1, 0.15) is 20.3 Å². The Morgan fingerprint density at radius 2 is 2.00 bits per heavy atom. The minimum Gasteiger partial charge on any atom is -0.394 e. The molecule has 0 radical (unpaired) electrons.